The lowest BCUT2D eigenvalue weighted by Crippen LogP contribution is -2.38. The predicted octanol–water partition coefficient (Wildman–Crippen LogP) is 4.14. The van der Waals surface area contributed by atoms with Crippen molar-refractivity contribution in [1.82, 2.24) is 15.0 Å². The lowest BCUT2D eigenvalue weighted by molar-refractivity contribution is 0.140. The Morgan fingerprint density at radius 2 is 1.97 bits per heavy atom. The summed E-state index contributed by atoms with van der Waals surface area (Å²) in [4.78, 5) is 16.5. The first-order chi connectivity index (χ1) is 15.7. The van der Waals surface area contributed by atoms with Gasteiger partial charge < -0.3 is 11.1 Å². The molecule has 0 unspecified atom stereocenters. The minimum Gasteiger partial charge on any atom is -0.378 e. The number of alkyl halides is 2. The molecule has 2 aliphatic rings. The average Bonchev–Trinajstić information content (AvgIpc) is 3.53. The first-order valence-corrected chi connectivity index (χ1v) is 10.3. The van der Waals surface area contributed by atoms with Crippen molar-refractivity contribution in [3.63, 3.8) is 0 Å². The summed E-state index contributed by atoms with van der Waals surface area (Å²) >= 11 is 0.694. The van der Waals surface area contributed by atoms with Gasteiger partial charge in [0.2, 0.25) is 0 Å². The molecule has 2 atom stereocenters. The van der Waals surface area contributed by atoms with Gasteiger partial charge in [0.05, 0.1) is 11.1 Å². The number of nitriles is 1. The van der Waals surface area contributed by atoms with Crippen LogP contribution in [0.3, 0.4) is 0 Å². The van der Waals surface area contributed by atoms with Gasteiger partial charge in [-0.1, -0.05) is 17.8 Å². The molecule has 0 spiro atoms. The number of rotatable bonds is 4. The molecule has 3 heterocycles. The van der Waals surface area contributed by atoms with Gasteiger partial charge in [-0.15, -0.1) is 0 Å². The van der Waals surface area contributed by atoms with E-state index in [1.54, 1.807) is 0 Å². The normalized spacial score (nSPS) is 23.5. The number of hydrogen-bond acceptors (Lipinski definition) is 8. The van der Waals surface area contributed by atoms with Crippen LogP contribution in [-0.4, -0.2) is 31.3 Å². The number of aliphatic imine (C=N–C) groups is 1. The summed E-state index contributed by atoms with van der Waals surface area (Å²) in [6, 6.07) is 5.65. The van der Waals surface area contributed by atoms with E-state index in [2.05, 4.69) is 25.3 Å². The molecule has 33 heavy (non-hydrogen) atoms. The number of thioether (sulfide) groups is 1. The molecular formula is C21H13F4N7S. The summed E-state index contributed by atoms with van der Waals surface area (Å²) < 4.78 is 55.3. The molecule has 0 saturated heterocycles. The van der Waals surface area contributed by atoms with E-state index >= 15 is 0 Å². The number of pyridine rings is 1. The fourth-order valence-electron chi connectivity index (χ4n) is 3.94. The van der Waals surface area contributed by atoms with Crippen LogP contribution in [0, 0.1) is 23.0 Å². The number of nitrogens with zero attached hydrogens (tertiary/aromatic N) is 5. The monoisotopic (exact) mass is 471 g/mol. The molecule has 2 aromatic heterocycles. The number of aromatic nitrogens is 3. The maximum atomic E-state index is 14.9. The average molecular weight is 471 g/mol. The number of hydrogen-bond donors (Lipinski definition) is 2. The molecule has 1 aliphatic carbocycles. The number of benzene rings is 1. The Bertz CT molecular complexity index is 1430. The number of nitrogens with one attached hydrogen (secondary N) is 1. The van der Waals surface area contributed by atoms with Gasteiger partial charge in [0.15, 0.2) is 22.6 Å². The Hall–Kier alpha value is -3.72. The quantitative estimate of drug-likeness (QED) is 0.434. The van der Waals surface area contributed by atoms with Crippen LogP contribution in [-0.2, 0) is 5.54 Å². The zero-order valence-corrected chi connectivity index (χ0v) is 17.6. The first-order valence-electron chi connectivity index (χ1n) is 9.51. The van der Waals surface area contributed by atoms with Gasteiger partial charge in [-0.3, -0.25) is 0 Å². The number of nitrogens with two attached hydrogens (primary N) is 1. The predicted molar refractivity (Wildman–Crippen MR) is 115 cm³/mol. The Labute approximate surface area is 188 Å². The zero-order valence-electron chi connectivity index (χ0n) is 16.8. The maximum absolute atomic E-state index is 14.9. The first kappa shape index (κ1) is 21.1. The van der Waals surface area contributed by atoms with Crippen molar-refractivity contribution < 1.29 is 17.6 Å². The van der Waals surface area contributed by atoms with Crippen molar-refractivity contribution in [3.05, 3.63) is 65.1 Å². The van der Waals surface area contributed by atoms with E-state index in [9.17, 15) is 17.6 Å². The number of amidine groups is 1. The van der Waals surface area contributed by atoms with E-state index in [-0.39, 0.29) is 27.8 Å². The second-order valence-electron chi connectivity index (χ2n) is 7.65. The zero-order chi connectivity index (χ0) is 23.5. The van der Waals surface area contributed by atoms with Crippen LogP contribution in [0.25, 0.3) is 11.0 Å². The molecule has 0 saturated carbocycles. The summed E-state index contributed by atoms with van der Waals surface area (Å²) in [5.41, 5.74) is 5.14. The van der Waals surface area contributed by atoms with Gasteiger partial charge in [0.1, 0.15) is 28.2 Å². The van der Waals surface area contributed by atoms with Crippen LogP contribution in [0.2, 0.25) is 0 Å². The van der Waals surface area contributed by atoms with E-state index in [4.69, 9.17) is 11.0 Å². The maximum Gasteiger partial charge on any atom is 0.260 e. The minimum absolute atomic E-state index is 0.0900. The topological polar surface area (TPSA) is 113 Å². The third-order valence-electron chi connectivity index (χ3n) is 5.57. The molecule has 3 aromatic rings. The molecular weight excluding hydrogens is 458 g/mol. The van der Waals surface area contributed by atoms with Crippen LogP contribution >= 0.6 is 11.8 Å². The molecule has 3 N–H and O–H groups in total. The summed E-state index contributed by atoms with van der Waals surface area (Å²) in [6.45, 7) is 1.42. The van der Waals surface area contributed by atoms with Crippen LogP contribution in [0.15, 0.2) is 47.4 Å². The van der Waals surface area contributed by atoms with Crippen molar-refractivity contribution in [2.24, 2.45) is 10.7 Å². The highest BCUT2D eigenvalue weighted by Gasteiger charge is 2.63. The summed E-state index contributed by atoms with van der Waals surface area (Å²) in [6.07, 6.45) is 1.06. The Morgan fingerprint density at radius 1 is 1.18 bits per heavy atom. The molecule has 0 bridgehead atoms. The van der Waals surface area contributed by atoms with E-state index in [0.717, 1.165) is 6.07 Å². The van der Waals surface area contributed by atoms with E-state index in [0.29, 0.717) is 28.4 Å². The highest BCUT2D eigenvalue weighted by Crippen LogP contribution is 2.62. The largest absolute Gasteiger partial charge is 0.378 e. The molecule has 1 aromatic carbocycles. The third-order valence-corrected chi connectivity index (χ3v) is 6.73. The van der Waals surface area contributed by atoms with Gasteiger partial charge in [-0.25, -0.2) is 37.5 Å². The smallest absolute Gasteiger partial charge is 0.260 e. The lowest BCUT2D eigenvalue weighted by atomic mass is 9.86. The van der Waals surface area contributed by atoms with Gasteiger partial charge in [-0.2, -0.15) is 5.26 Å². The van der Waals surface area contributed by atoms with Crippen molar-refractivity contribution >= 4 is 39.5 Å². The van der Waals surface area contributed by atoms with Crippen molar-refractivity contribution in [2.75, 3.05) is 5.32 Å². The Morgan fingerprint density at radius 3 is 2.70 bits per heavy atom. The van der Waals surface area contributed by atoms with Crippen molar-refractivity contribution in [1.29, 1.82) is 5.26 Å². The SMILES string of the molecule is C[C@]1(c2cc(Nc3ncnc4cc(C#N)cnc34)cc(F)c2F)N=C(N)S[C@@]2(C(F)F)C=C12. The Balaban J connectivity index is 1.59. The number of halogens is 4. The fourth-order valence-corrected chi connectivity index (χ4v) is 5.09. The van der Waals surface area contributed by atoms with E-state index < -0.39 is 28.3 Å². The highest BCUT2D eigenvalue weighted by atomic mass is 32.2. The number of anilines is 2. The molecule has 12 heteroatoms. The second-order valence-corrected chi connectivity index (χ2v) is 8.94. The van der Waals surface area contributed by atoms with Crippen LogP contribution in [0.1, 0.15) is 18.1 Å². The van der Waals surface area contributed by atoms with Gasteiger partial charge in [0, 0.05) is 23.5 Å². The van der Waals surface area contributed by atoms with E-state index in [1.807, 2.05) is 6.07 Å². The van der Waals surface area contributed by atoms with Gasteiger partial charge in [-0.05, 0) is 24.6 Å². The Kier molecular flexibility index (Phi) is 4.58. The van der Waals surface area contributed by atoms with Crippen LogP contribution in [0.5, 0.6) is 0 Å². The molecule has 1 aliphatic heterocycles. The fraction of sp³-hybridized carbons (Fsp3) is 0.190. The molecule has 166 valence electrons. The molecule has 0 fully saturated rings. The lowest BCUT2D eigenvalue weighted by Gasteiger charge is -2.33. The summed E-state index contributed by atoms with van der Waals surface area (Å²) in [7, 11) is 0. The van der Waals surface area contributed by atoms with E-state index in [1.165, 1.54) is 37.7 Å². The standard InChI is InChI=1S/C21H13F4N7S/c1-20(14-5-21(14,18(24)25)33-19(27)32-20)11-3-10(4-12(22)15(11)23)31-17-16-13(29-8-30-17)2-9(6-26)7-28-16/h2-5,7-8,18H,1H3,(H2,27,32)(H,29,30,31)/t20-,21+/m1/s1. The minimum atomic E-state index is -2.78. The van der Waals surface area contributed by atoms with Crippen molar-refractivity contribution in [3.8, 4) is 6.07 Å². The molecule has 5 rings (SSSR count). The molecule has 0 amide bonds. The second kappa shape index (κ2) is 7.14. The number of fused-ring (bicyclic) bond motifs is 2. The molecule has 0 radical (unpaired) electrons. The van der Waals surface area contributed by atoms with Crippen molar-refractivity contribution in [2.45, 2.75) is 23.6 Å². The van der Waals surface area contributed by atoms with Crippen LogP contribution < -0.4 is 11.1 Å². The van der Waals surface area contributed by atoms with Gasteiger partial charge >= 0.3 is 0 Å². The molecule has 7 nitrogen and oxygen atoms in total. The van der Waals surface area contributed by atoms with Crippen LogP contribution in [0.4, 0.5) is 29.1 Å². The highest BCUT2D eigenvalue weighted by molar-refractivity contribution is 8.15. The summed E-state index contributed by atoms with van der Waals surface area (Å²) in [5, 5.41) is 11.8. The third kappa shape index (κ3) is 3.19. The summed E-state index contributed by atoms with van der Waals surface area (Å²) in [5.74, 6) is -2.24. The van der Waals surface area contributed by atoms with Gasteiger partial charge in [0.25, 0.3) is 6.43 Å².